The number of nitrogens with zero attached hydrogens (tertiary/aromatic N) is 3. The summed E-state index contributed by atoms with van der Waals surface area (Å²) < 4.78 is 7.34. The summed E-state index contributed by atoms with van der Waals surface area (Å²) >= 11 is 0. The first kappa shape index (κ1) is 12.6. The average Bonchev–Trinajstić information content (AvgIpc) is 2.74. The number of hydrogen-bond donors (Lipinski definition) is 1. The molecule has 2 heterocycles. The largest absolute Gasteiger partial charge is 0.489 e. The van der Waals surface area contributed by atoms with Crippen LogP contribution in [0.15, 0.2) is 30.9 Å². The number of aryl methyl sites for hydroxylation is 1. The molecule has 1 unspecified atom stereocenters. The van der Waals surface area contributed by atoms with E-state index in [1.807, 2.05) is 33.2 Å². The highest BCUT2D eigenvalue weighted by molar-refractivity contribution is 5.31. The van der Waals surface area contributed by atoms with Crippen LogP contribution in [0.4, 0.5) is 0 Å². The summed E-state index contributed by atoms with van der Waals surface area (Å²) in [6, 6.07) is 1.69. The van der Waals surface area contributed by atoms with Crippen LogP contribution in [0.1, 0.15) is 31.0 Å². The van der Waals surface area contributed by atoms with Crippen molar-refractivity contribution >= 4 is 0 Å². The minimum absolute atomic E-state index is 0.122. The van der Waals surface area contributed by atoms with Crippen molar-refractivity contribution in [3.8, 4) is 5.75 Å². The predicted octanol–water partition coefficient (Wildman–Crippen LogP) is 1.65. The van der Waals surface area contributed by atoms with Gasteiger partial charge in [-0.05, 0) is 25.5 Å². The van der Waals surface area contributed by atoms with E-state index in [4.69, 9.17) is 10.5 Å². The predicted molar refractivity (Wildman–Crippen MR) is 69.2 cm³/mol. The van der Waals surface area contributed by atoms with Crippen molar-refractivity contribution in [1.29, 1.82) is 0 Å². The Hall–Kier alpha value is -1.88. The minimum Gasteiger partial charge on any atom is -0.489 e. The molecule has 0 aliphatic carbocycles. The van der Waals surface area contributed by atoms with E-state index in [0.29, 0.717) is 0 Å². The standard InChI is InChI=1S/C13H18N4O/c1-9(2)18-12-4-10(5-15-7-12)13(14)11-6-16-17(3)8-11/h4-9,13H,14H2,1-3H3. The molecule has 18 heavy (non-hydrogen) atoms. The summed E-state index contributed by atoms with van der Waals surface area (Å²) in [5.41, 5.74) is 8.06. The van der Waals surface area contributed by atoms with Crippen LogP contribution in [0.2, 0.25) is 0 Å². The zero-order chi connectivity index (χ0) is 13.1. The molecule has 0 amide bonds. The van der Waals surface area contributed by atoms with Gasteiger partial charge in [-0.15, -0.1) is 0 Å². The number of pyridine rings is 1. The van der Waals surface area contributed by atoms with E-state index in [1.54, 1.807) is 23.3 Å². The molecule has 1 atom stereocenters. The van der Waals surface area contributed by atoms with Crippen molar-refractivity contribution in [2.75, 3.05) is 0 Å². The SMILES string of the molecule is CC(C)Oc1cncc(C(N)c2cnn(C)c2)c1. The van der Waals surface area contributed by atoms with Crippen molar-refractivity contribution < 1.29 is 4.74 Å². The molecular weight excluding hydrogens is 228 g/mol. The van der Waals surface area contributed by atoms with Crippen LogP contribution in [-0.2, 0) is 7.05 Å². The second-order valence-electron chi connectivity index (χ2n) is 4.55. The fraction of sp³-hybridized carbons (Fsp3) is 0.385. The third kappa shape index (κ3) is 2.87. The van der Waals surface area contributed by atoms with Crippen LogP contribution in [0, 0.1) is 0 Å². The van der Waals surface area contributed by atoms with E-state index in [1.165, 1.54) is 0 Å². The van der Waals surface area contributed by atoms with Gasteiger partial charge >= 0.3 is 0 Å². The summed E-state index contributed by atoms with van der Waals surface area (Å²) in [5, 5.41) is 4.12. The van der Waals surface area contributed by atoms with Crippen molar-refractivity contribution in [3.05, 3.63) is 42.0 Å². The molecule has 0 saturated heterocycles. The van der Waals surface area contributed by atoms with Gasteiger partial charge in [-0.3, -0.25) is 9.67 Å². The molecule has 0 aliphatic heterocycles. The van der Waals surface area contributed by atoms with E-state index in [9.17, 15) is 0 Å². The highest BCUT2D eigenvalue weighted by Gasteiger charge is 2.12. The van der Waals surface area contributed by atoms with Gasteiger partial charge in [0.15, 0.2) is 0 Å². The van der Waals surface area contributed by atoms with Gasteiger partial charge < -0.3 is 10.5 Å². The second-order valence-corrected chi connectivity index (χ2v) is 4.55. The summed E-state index contributed by atoms with van der Waals surface area (Å²) in [7, 11) is 1.87. The van der Waals surface area contributed by atoms with Gasteiger partial charge in [-0.1, -0.05) is 0 Å². The molecule has 0 aliphatic rings. The molecule has 0 saturated carbocycles. The summed E-state index contributed by atoms with van der Waals surface area (Å²) in [5.74, 6) is 0.738. The third-order valence-electron chi connectivity index (χ3n) is 2.55. The zero-order valence-corrected chi connectivity index (χ0v) is 10.9. The lowest BCUT2D eigenvalue weighted by molar-refractivity contribution is 0.241. The van der Waals surface area contributed by atoms with Crippen molar-refractivity contribution in [3.63, 3.8) is 0 Å². The lowest BCUT2D eigenvalue weighted by atomic mass is 10.0. The molecular formula is C13H18N4O. The van der Waals surface area contributed by atoms with Gasteiger partial charge in [0.05, 0.1) is 24.5 Å². The Labute approximate surface area is 107 Å². The number of aromatic nitrogens is 3. The van der Waals surface area contributed by atoms with Crippen LogP contribution in [-0.4, -0.2) is 20.9 Å². The van der Waals surface area contributed by atoms with Crippen molar-refractivity contribution in [2.45, 2.75) is 26.0 Å². The van der Waals surface area contributed by atoms with Gasteiger partial charge in [0.25, 0.3) is 0 Å². The van der Waals surface area contributed by atoms with Crippen molar-refractivity contribution in [1.82, 2.24) is 14.8 Å². The Morgan fingerprint density at radius 3 is 2.61 bits per heavy atom. The molecule has 0 fully saturated rings. The molecule has 0 radical (unpaired) electrons. The van der Waals surface area contributed by atoms with Crippen LogP contribution in [0.5, 0.6) is 5.75 Å². The number of ether oxygens (including phenoxy) is 1. The quantitative estimate of drug-likeness (QED) is 0.890. The topological polar surface area (TPSA) is 66.0 Å². The maximum atomic E-state index is 6.18. The van der Waals surface area contributed by atoms with Crippen LogP contribution in [0.3, 0.4) is 0 Å². The zero-order valence-electron chi connectivity index (χ0n) is 10.9. The molecule has 2 aromatic rings. The highest BCUT2D eigenvalue weighted by Crippen LogP contribution is 2.22. The van der Waals surface area contributed by atoms with Gasteiger partial charge in [0.1, 0.15) is 5.75 Å². The number of hydrogen-bond acceptors (Lipinski definition) is 4. The van der Waals surface area contributed by atoms with Gasteiger partial charge in [-0.2, -0.15) is 5.10 Å². The average molecular weight is 246 g/mol. The maximum absolute atomic E-state index is 6.18. The fourth-order valence-electron chi connectivity index (χ4n) is 1.74. The summed E-state index contributed by atoms with van der Waals surface area (Å²) in [6.07, 6.45) is 7.24. The molecule has 0 aromatic carbocycles. The maximum Gasteiger partial charge on any atom is 0.138 e. The van der Waals surface area contributed by atoms with E-state index < -0.39 is 0 Å². The normalized spacial score (nSPS) is 12.7. The minimum atomic E-state index is -0.234. The van der Waals surface area contributed by atoms with E-state index >= 15 is 0 Å². The Kier molecular flexibility index (Phi) is 3.62. The highest BCUT2D eigenvalue weighted by atomic mass is 16.5. The molecule has 2 aromatic heterocycles. The monoisotopic (exact) mass is 246 g/mol. The first-order valence-electron chi connectivity index (χ1n) is 5.92. The summed E-state index contributed by atoms with van der Waals surface area (Å²) in [6.45, 7) is 3.96. The Bertz CT molecular complexity index is 521. The Morgan fingerprint density at radius 2 is 2.00 bits per heavy atom. The van der Waals surface area contributed by atoms with E-state index in [2.05, 4.69) is 10.1 Å². The van der Waals surface area contributed by atoms with E-state index in [-0.39, 0.29) is 12.1 Å². The van der Waals surface area contributed by atoms with Crippen LogP contribution in [0.25, 0.3) is 0 Å². The van der Waals surface area contributed by atoms with Gasteiger partial charge in [-0.25, -0.2) is 0 Å². The Balaban J connectivity index is 2.22. The second kappa shape index (κ2) is 5.18. The number of rotatable bonds is 4. The van der Waals surface area contributed by atoms with Gasteiger partial charge in [0.2, 0.25) is 0 Å². The Morgan fingerprint density at radius 1 is 1.22 bits per heavy atom. The molecule has 0 bridgehead atoms. The molecule has 5 nitrogen and oxygen atoms in total. The molecule has 96 valence electrons. The van der Waals surface area contributed by atoms with Gasteiger partial charge in [0, 0.05) is 25.0 Å². The molecule has 2 N–H and O–H groups in total. The molecule has 2 rings (SSSR count). The lowest BCUT2D eigenvalue weighted by Gasteiger charge is -2.13. The smallest absolute Gasteiger partial charge is 0.138 e. The first-order chi connectivity index (χ1) is 8.56. The first-order valence-corrected chi connectivity index (χ1v) is 5.92. The molecule has 0 spiro atoms. The fourth-order valence-corrected chi connectivity index (χ4v) is 1.74. The lowest BCUT2D eigenvalue weighted by Crippen LogP contribution is -2.12. The van der Waals surface area contributed by atoms with Crippen LogP contribution >= 0.6 is 0 Å². The molecule has 5 heteroatoms. The number of nitrogens with two attached hydrogens (primary N) is 1. The van der Waals surface area contributed by atoms with E-state index in [0.717, 1.165) is 16.9 Å². The van der Waals surface area contributed by atoms with Crippen molar-refractivity contribution in [2.24, 2.45) is 12.8 Å². The third-order valence-corrected chi connectivity index (χ3v) is 2.55. The summed E-state index contributed by atoms with van der Waals surface area (Å²) in [4.78, 5) is 4.16. The van der Waals surface area contributed by atoms with Crippen LogP contribution < -0.4 is 10.5 Å².